The molecule has 0 bridgehead atoms. The molecule has 0 atom stereocenters. The van der Waals surface area contributed by atoms with E-state index in [9.17, 15) is 0 Å². The molecule has 0 aromatic heterocycles. The van der Waals surface area contributed by atoms with Crippen LogP contribution in [0.15, 0.2) is 116 Å². The summed E-state index contributed by atoms with van der Waals surface area (Å²) in [5.74, 6) is 0.258. The minimum absolute atomic E-state index is 0.258. The van der Waals surface area contributed by atoms with E-state index < -0.39 is 0 Å². The summed E-state index contributed by atoms with van der Waals surface area (Å²) in [7, 11) is 0. The maximum absolute atomic E-state index is 4.64. The quantitative estimate of drug-likeness (QED) is 0.252. The molecular weight excluding hydrogens is 438 g/mol. The molecule has 0 spiro atoms. The molecule has 0 radical (unpaired) electrons. The molecule has 0 saturated carbocycles. The second kappa shape index (κ2) is 8.02. The van der Waals surface area contributed by atoms with Crippen LogP contribution in [0.25, 0.3) is 0 Å². The highest BCUT2D eigenvalue weighted by atomic mass is 79.9. The van der Waals surface area contributed by atoms with Crippen LogP contribution in [0.4, 0.5) is 5.69 Å². The van der Waals surface area contributed by atoms with Crippen LogP contribution >= 0.6 is 27.7 Å². The molecule has 0 amide bonds. The number of benzene rings is 4. The summed E-state index contributed by atoms with van der Waals surface area (Å²) in [6.45, 7) is 0. The summed E-state index contributed by atoms with van der Waals surface area (Å²) in [5, 5.41) is 0. The maximum Gasteiger partial charge on any atom is 0.0630 e. The van der Waals surface area contributed by atoms with Gasteiger partial charge in [0.25, 0.3) is 0 Å². The van der Waals surface area contributed by atoms with Gasteiger partial charge in [0.15, 0.2) is 0 Å². The van der Waals surface area contributed by atoms with Crippen LogP contribution in [0, 0.1) is 0 Å². The van der Waals surface area contributed by atoms with Gasteiger partial charge in [-0.05, 0) is 58.7 Å². The van der Waals surface area contributed by atoms with Gasteiger partial charge in [-0.3, -0.25) is 4.99 Å². The molecule has 29 heavy (non-hydrogen) atoms. The van der Waals surface area contributed by atoms with Crippen molar-refractivity contribution in [3.05, 3.63) is 124 Å². The molecule has 1 nitrogen and oxygen atoms in total. The van der Waals surface area contributed by atoms with E-state index in [-0.39, 0.29) is 5.92 Å². The highest BCUT2D eigenvalue weighted by Gasteiger charge is 2.26. The Balaban J connectivity index is 1.48. The Labute approximate surface area is 183 Å². The van der Waals surface area contributed by atoms with Crippen molar-refractivity contribution in [2.75, 3.05) is 0 Å². The van der Waals surface area contributed by atoms with E-state index in [1.165, 1.54) is 26.5 Å². The Morgan fingerprint density at radius 3 is 1.90 bits per heavy atom. The summed E-state index contributed by atoms with van der Waals surface area (Å²) in [5.41, 5.74) is 6.10. The molecule has 0 fully saturated rings. The lowest BCUT2D eigenvalue weighted by Gasteiger charge is -2.28. The third-order valence-corrected chi connectivity index (χ3v) is 6.85. The summed E-state index contributed by atoms with van der Waals surface area (Å²) in [6.07, 6.45) is 1.91. The Morgan fingerprint density at radius 2 is 1.28 bits per heavy atom. The Kier molecular flexibility index (Phi) is 5.09. The van der Waals surface area contributed by atoms with E-state index in [0.29, 0.717) is 0 Å². The third-order valence-electron chi connectivity index (χ3n) is 5.14. The van der Waals surface area contributed by atoms with Gasteiger partial charge >= 0.3 is 0 Å². The first kappa shape index (κ1) is 18.4. The standard InChI is InChI=1S/C26H18BrNS/c27-20-13-9-18(10-14-20)17-28-21-15-11-19(12-16-21)26-22-5-1-3-7-24(22)29-25-8-4-2-6-23(25)26/h1-17,26H. The van der Waals surface area contributed by atoms with Gasteiger partial charge in [0.05, 0.1) is 5.69 Å². The van der Waals surface area contributed by atoms with Gasteiger partial charge in [0.1, 0.15) is 0 Å². The van der Waals surface area contributed by atoms with Crippen molar-refractivity contribution in [3.8, 4) is 0 Å². The zero-order valence-electron chi connectivity index (χ0n) is 15.6. The van der Waals surface area contributed by atoms with Crippen molar-refractivity contribution in [3.63, 3.8) is 0 Å². The van der Waals surface area contributed by atoms with Crippen molar-refractivity contribution in [1.82, 2.24) is 0 Å². The van der Waals surface area contributed by atoms with Gasteiger partial charge in [-0.2, -0.15) is 0 Å². The summed E-state index contributed by atoms with van der Waals surface area (Å²) in [6, 6.07) is 34.3. The van der Waals surface area contributed by atoms with Gasteiger partial charge in [-0.25, -0.2) is 0 Å². The van der Waals surface area contributed by atoms with Gasteiger partial charge in [-0.1, -0.05) is 88.4 Å². The van der Waals surface area contributed by atoms with Gasteiger partial charge < -0.3 is 0 Å². The monoisotopic (exact) mass is 455 g/mol. The van der Waals surface area contributed by atoms with Crippen LogP contribution < -0.4 is 0 Å². The predicted octanol–water partition coefficient (Wildman–Crippen LogP) is 7.84. The molecule has 1 aliphatic heterocycles. The highest BCUT2D eigenvalue weighted by molar-refractivity contribution is 9.10. The lowest BCUT2D eigenvalue weighted by molar-refractivity contribution is 0.902. The molecule has 1 heterocycles. The molecule has 3 heteroatoms. The fraction of sp³-hybridized carbons (Fsp3) is 0.0385. The first-order valence-corrected chi connectivity index (χ1v) is 11.1. The van der Waals surface area contributed by atoms with E-state index in [4.69, 9.17) is 0 Å². The first-order chi connectivity index (χ1) is 14.3. The van der Waals surface area contributed by atoms with Gasteiger partial charge in [0, 0.05) is 26.4 Å². The molecule has 0 aliphatic carbocycles. The lowest BCUT2D eigenvalue weighted by Crippen LogP contribution is -2.09. The second-order valence-corrected chi connectivity index (χ2v) is 9.01. The third kappa shape index (κ3) is 3.81. The Hall–Kier alpha value is -2.62. The van der Waals surface area contributed by atoms with E-state index >= 15 is 0 Å². The van der Waals surface area contributed by atoms with Crippen molar-refractivity contribution >= 4 is 39.6 Å². The van der Waals surface area contributed by atoms with Crippen LogP contribution in [-0.4, -0.2) is 6.21 Å². The van der Waals surface area contributed by atoms with E-state index in [2.05, 4.69) is 106 Å². The molecular formula is C26H18BrNS. The number of rotatable bonds is 3. The lowest BCUT2D eigenvalue weighted by atomic mass is 9.84. The molecule has 4 aromatic rings. The van der Waals surface area contributed by atoms with Crippen LogP contribution in [0.2, 0.25) is 0 Å². The summed E-state index contributed by atoms with van der Waals surface area (Å²) in [4.78, 5) is 7.32. The normalized spacial score (nSPS) is 13.3. The molecule has 0 unspecified atom stereocenters. The predicted molar refractivity (Wildman–Crippen MR) is 126 cm³/mol. The molecule has 1 aliphatic rings. The topological polar surface area (TPSA) is 12.4 Å². The first-order valence-electron chi connectivity index (χ1n) is 9.53. The minimum atomic E-state index is 0.258. The van der Waals surface area contributed by atoms with Crippen LogP contribution in [0.5, 0.6) is 0 Å². The Bertz CT molecular complexity index is 1130. The summed E-state index contributed by atoms with van der Waals surface area (Å²) < 4.78 is 1.07. The fourth-order valence-corrected chi connectivity index (χ4v) is 5.12. The fourth-order valence-electron chi connectivity index (χ4n) is 3.72. The molecule has 0 saturated heterocycles. The van der Waals surface area contributed by atoms with Crippen molar-refractivity contribution in [2.24, 2.45) is 4.99 Å². The molecule has 4 aromatic carbocycles. The number of hydrogen-bond donors (Lipinski definition) is 0. The number of halogens is 1. The molecule has 140 valence electrons. The zero-order chi connectivity index (χ0) is 19.6. The smallest absolute Gasteiger partial charge is 0.0630 e. The number of aliphatic imine (C=N–C) groups is 1. The maximum atomic E-state index is 4.64. The van der Waals surface area contributed by atoms with Crippen molar-refractivity contribution in [1.29, 1.82) is 0 Å². The Morgan fingerprint density at radius 1 is 0.690 bits per heavy atom. The minimum Gasteiger partial charge on any atom is -0.256 e. The number of nitrogens with zero attached hydrogens (tertiary/aromatic N) is 1. The zero-order valence-corrected chi connectivity index (χ0v) is 18.0. The van der Waals surface area contributed by atoms with Crippen LogP contribution in [-0.2, 0) is 0 Å². The van der Waals surface area contributed by atoms with Crippen LogP contribution in [0.1, 0.15) is 28.2 Å². The second-order valence-electron chi connectivity index (χ2n) is 7.01. The SMILES string of the molecule is Brc1ccc(C=Nc2ccc(C3c4ccccc4Sc4ccccc43)cc2)cc1. The largest absolute Gasteiger partial charge is 0.256 e. The van der Waals surface area contributed by atoms with Crippen molar-refractivity contribution < 1.29 is 0 Å². The van der Waals surface area contributed by atoms with Gasteiger partial charge in [0.2, 0.25) is 0 Å². The van der Waals surface area contributed by atoms with Crippen LogP contribution in [0.3, 0.4) is 0 Å². The van der Waals surface area contributed by atoms with E-state index in [1.54, 1.807) is 0 Å². The average molecular weight is 456 g/mol. The molecule has 5 rings (SSSR count). The number of fused-ring (bicyclic) bond motifs is 2. The number of hydrogen-bond acceptors (Lipinski definition) is 2. The highest BCUT2D eigenvalue weighted by Crippen LogP contribution is 2.48. The van der Waals surface area contributed by atoms with E-state index in [1.807, 2.05) is 30.1 Å². The summed E-state index contributed by atoms with van der Waals surface area (Å²) >= 11 is 5.33. The van der Waals surface area contributed by atoms with E-state index in [0.717, 1.165) is 15.7 Å². The average Bonchev–Trinajstić information content (AvgIpc) is 2.77. The van der Waals surface area contributed by atoms with Gasteiger partial charge in [-0.15, -0.1) is 0 Å². The van der Waals surface area contributed by atoms with Crippen molar-refractivity contribution in [2.45, 2.75) is 15.7 Å². The molecule has 0 N–H and O–H groups in total.